The lowest BCUT2D eigenvalue weighted by Crippen LogP contribution is -2.19. The molecule has 7 rings (SSSR count). The molecule has 1 saturated carbocycles. The zero-order chi connectivity index (χ0) is 36.4. The van der Waals surface area contributed by atoms with Crippen LogP contribution in [0.25, 0.3) is 33.1 Å². The van der Waals surface area contributed by atoms with Crippen LogP contribution in [0.2, 0.25) is 0 Å². The van der Waals surface area contributed by atoms with Crippen LogP contribution in [-0.2, 0) is 12.8 Å². The smallest absolute Gasteiger partial charge is 0.0171 e. The van der Waals surface area contributed by atoms with Crippen LogP contribution in [0, 0.1) is 12.3 Å². The number of fused-ring (bicyclic) bond motifs is 3. The third-order valence-corrected chi connectivity index (χ3v) is 12.6. The minimum atomic E-state index is -0.226. The molecule has 0 bridgehead atoms. The minimum Gasteiger partial charge on any atom is -0.103 e. The highest BCUT2D eigenvalue weighted by molar-refractivity contribution is 6.37. The van der Waals surface area contributed by atoms with Gasteiger partial charge in [-0.2, -0.15) is 0 Å². The Hall–Kier alpha value is -3.90. The van der Waals surface area contributed by atoms with Crippen molar-refractivity contribution in [2.24, 2.45) is 5.41 Å². The summed E-state index contributed by atoms with van der Waals surface area (Å²) in [5, 5.41) is 2.97. The van der Waals surface area contributed by atoms with Crippen LogP contribution >= 0.6 is 0 Å². The van der Waals surface area contributed by atoms with Crippen LogP contribution in [0.4, 0.5) is 0 Å². The Morgan fingerprint density at radius 3 is 2.00 bits per heavy atom. The summed E-state index contributed by atoms with van der Waals surface area (Å²) in [4.78, 5) is 0. The van der Waals surface area contributed by atoms with Gasteiger partial charge in [-0.25, -0.2) is 0 Å². The highest BCUT2D eigenvalue weighted by atomic mass is 14.5. The summed E-state index contributed by atoms with van der Waals surface area (Å²) >= 11 is 0. The molecule has 0 atom stereocenters. The molecule has 4 aromatic rings. The summed E-state index contributed by atoms with van der Waals surface area (Å²) in [6.45, 7) is 30.0. The molecule has 0 heteroatoms. The van der Waals surface area contributed by atoms with Crippen molar-refractivity contribution in [3.05, 3.63) is 141 Å². The SMILES string of the molecule is C=CCc1ccc(C2=C3C(=C(c4c(C(C)C)cc(CC=C)c(C)c4C(C)C)C2(C)C)c2ccc(C4CCCCC4)c4cccc3c24)c(C(C)C)c1. The van der Waals surface area contributed by atoms with Gasteiger partial charge in [-0.05, 0) is 151 Å². The average Bonchev–Trinajstić information content (AvgIpc) is 3.53. The van der Waals surface area contributed by atoms with Gasteiger partial charge in [0.25, 0.3) is 0 Å². The Balaban J connectivity index is 1.64. The van der Waals surface area contributed by atoms with Gasteiger partial charge in [0.1, 0.15) is 0 Å². The molecule has 3 aliphatic rings. The predicted octanol–water partition coefficient (Wildman–Crippen LogP) is 14.9. The van der Waals surface area contributed by atoms with Crippen LogP contribution in [-0.4, -0.2) is 0 Å². The standard InChI is InChI=1S/C51H60/c1-12-18-34-24-25-39(42(28-34)30(3)4)49-46-40-23-17-22-38-37(35-20-15-14-16-21-35)26-27-41(45(38)40)47(46)50(51(49,10)11)48-43(31(5)6)29-36(19-13-2)33(9)44(48)32(7)8/h12-13,17,22-32,35H,1-2,14-16,18-21H2,3-11H3. The molecular formula is C51H60. The monoisotopic (exact) mass is 672 g/mol. The second kappa shape index (κ2) is 13.6. The van der Waals surface area contributed by atoms with Gasteiger partial charge in [-0.1, -0.05) is 141 Å². The molecular weight excluding hydrogens is 613 g/mol. The van der Waals surface area contributed by atoms with E-state index in [9.17, 15) is 0 Å². The molecule has 0 saturated heterocycles. The van der Waals surface area contributed by atoms with Crippen molar-refractivity contribution in [2.75, 3.05) is 0 Å². The largest absolute Gasteiger partial charge is 0.103 e. The van der Waals surface area contributed by atoms with Crippen molar-refractivity contribution in [3.63, 3.8) is 0 Å². The van der Waals surface area contributed by atoms with Crippen LogP contribution in [0.15, 0.2) is 79.9 Å². The van der Waals surface area contributed by atoms with Crippen LogP contribution < -0.4 is 0 Å². The second-order valence-corrected chi connectivity index (χ2v) is 17.3. The molecule has 3 aliphatic carbocycles. The molecule has 264 valence electrons. The average molecular weight is 673 g/mol. The fourth-order valence-electron chi connectivity index (χ4n) is 10.4. The lowest BCUT2D eigenvalue weighted by molar-refractivity contribution is 0.445. The molecule has 4 aromatic carbocycles. The first-order valence-electron chi connectivity index (χ1n) is 20.0. The summed E-state index contributed by atoms with van der Waals surface area (Å²) in [7, 11) is 0. The first-order chi connectivity index (χ1) is 24.4. The number of hydrogen-bond donors (Lipinski definition) is 0. The summed E-state index contributed by atoms with van der Waals surface area (Å²) in [6.07, 6.45) is 12.6. The van der Waals surface area contributed by atoms with Gasteiger partial charge in [-0.3, -0.25) is 0 Å². The van der Waals surface area contributed by atoms with Crippen LogP contribution in [0.3, 0.4) is 0 Å². The third-order valence-electron chi connectivity index (χ3n) is 12.6. The van der Waals surface area contributed by atoms with Crippen LogP contribution in [0.5, 0.6) is 0 Å². The van der Waals surface area contributed by atoms with Crippen molar-refractivity contribution < 1.29 is 0 Å². The Morgan fingerprint density at radius 2 is 1.35 bits per heavy atom. The maximum atomic E-state index is 4.16. The summed E-state index contributed by atoms with van der Waals surface area (Å²) < 4.78 is 0. The van der Waals surface area contributed by atoms with Crippen molar-refractivity contribution in [3.8, 4) is 0 Å². The highest BCUT2D eigenvalue weighted by Gasteiger charge is 2.47. The first kappa shape index (κ1) is 35.5. The van der Waals surface area contributed by atoms with E-state index in [0.717, 1.165) is 12.8 Å². The van der Waals surface area contributed by atoms with E-state index in [1.165, 1.54) is 121 Å². The van der Waals surface area contributed by atoms with Gasteiger partial charge in [0.15, 0.2) is 0 Å². The predicted molar refractivity (Wildman–Crippen MR) is 225 cm³/mol. The lowest BCUT2D eigenvalue weighted by Gasteiger charge is -2.35. The van der Waals surface area contributed by atoms with E-state index in [4.69, 9.17) is 0 Å². The molecule has 0 N–H and O–H groups in total. The molecule has 0 aliphatic heterocycles. The molecule has 0 nitrogen and oxygen atoms in total. The van der Waals surface area contributed by atoms with E-state index in [0.29, 0.717) is 23.7 Å². The molecule has 51 heavy (non-hydrogen) atoms. The summed E-state index contributed by atoms with van der Waals surface area (Å²) in [5.74, 6) is 1.84. The number of allylic oxidation sites excluding steroid dienone is 6. The van der Waals surface area contributed by atoms with E-state index >= 15 is 0 Å². The van der Waals surface area contributed by atoms with Gasteiger partial charge >= 0.3 is 0 Å². The van der Waals surface area contributed by atoms with Gasteiger partial charge in [0.2, 0.25) is 0 Å². The minimum absolute atomic E-state index is 0.226. The van der Waals surface area contributed by atoms with Gasteiger partial charge in [0.05, 0.1) is 0 Å². The Kier molecular flexibility index (Phi) is 9.45. The Bertz CT molecular complexity index is 2110. The maximum absolute atomic E-state index is 4.16. The van der Waals surface area contributed by atoms with E-state index in [1.54, 1.807) is 5.56 Å². The molecule has 0 amide bonds. The number of benzene rings is 4. The fourth-order valence-corrected chi connectivity index (χ4v) is 10.4. The molecule has 0 radical (unpaired) electrons. The maximum Gasteiger partial charge on any atom is 0.0171 e. The van der Waals surface area contributed by atoms with Gasteiger partial charge in [0, 0.05) is 5.41 Å². The molecule has 0 heterocycles. The first-order valence-corrected chi connectivity index (χ1v) is 20.0. The topological polar surface area (TPSA) is 0 Å². The number of hydrogen-bond acceptors (Lipinski definition) is 0. The highest BCUT2D eigenvalue weighted by Crippen LogP contribution is 2.67. The Morgan fingerprint density at radius 1 is 0.706 bits per heavy atom. The summed E-state index contributed by atoms with van der Waals surface area (Å²) in [5.41, 5.74) is 21.8. The van der Waals surface area contributed by atoms with E-state index in [-0.39, 0.29) is 5.41 Å². The fraction of sp³-hybridized carbons (Fsp3) is 0.412. The quantitative estimate of drug-likeness (QED) is 0.147. The van der Waals surface area contributed by atoms with Crippen LogP contribution in [0.1, 0.15) is 172 Å². The lowest BCUT2D eigenvalue weighted by atomic mass is 9.68. The van der Waals surface area contributed by atoms with E-state index < -0.39 is 0 Å². The van der Waals surface area contributed by atoms with Crippen molar-refractivity contribution in [2.45, 2.75) is 131 Å². The Labute approximate surface area is 309 Å². The van der Waals surface area contributed by atoms with Gasteiger partial charge in [-0.15, -0.1) is 13.2 Å². The number of rotatable bonds is 10. The molecule has 0 unspecified atom stereocenters. The third kappa shape index (κ3) is 5.64. The second-order valence-electron chi connectivity index (χ2n) is 17.3. The van der Waals surface area contributed by atoms with Crippen molar-refractivity contribution in [1.82, 2.24) is 0 Å². The molecule has 0 aromatic heterocycles. The molecule has 1 fully saturated rings. The zero-order valence-electron chi connectivity index (χ0n) is 33.0. The van der Waals surface area contributed by atoms with E-state index in [2.05, 4.69) is 136 Å². The zero-order valence-corrected chi connectivity index (χ0v) is 33.0. The van der Waals surface area contributed by atoms with Gasteiger partial charge < -0.3 is 0 Å². The molecule has 0 spiro atoms. The van der Waals surface area contributed by atoms with Crippen molar-refractivity contribution >= 4 is 33.1 Å². The normalized spacial score (nSPS) is 17.1. The summed E-state index contributed by atoms with van der Waals surface area (Å²) in [6, 6.07) is 22.2. The van der Waals surface area contributed by atoms with Crippen molar-refractivity contribution in [1.29, 1.82) is 0 Å². The van der Waals surface area contributed by atoms with E-state index in [1.807, 2.05) is 6.08 Å².